The van der Waals surface area contributed by atoms with Gasteiger partial charge in [-0.2, -0.15) is 12.1 Å². The molecule has 5 aromatic heterocycles. The zero-order valence-electron chi connectivity index (χ0n) is 17.1. The molecule has 0 atom stereocenters. The van der Waals surface area contributed by atoms with Crippen LogP contribution in [0.25, 0.3) is 39.0 Å². The minimum absolute atomic E-state index is 0. The second-order valence-electron chi connectivity index (χ2n) is 7.09. The van der Waals surface area contributed by atoms with Gasteiger partial charge in [-0.15, -0.1) is 17.5 Å². The molecule has 5 heterocycles. The molecule has 6 aromatic rings. The molecule has 0 N–H and O–H groups in total. The Morgan fingerprint density at radius 1 is 0.667 bits per heavy atom. The Labute approximate surface area is 204 Å². The number of benzene rings is 1. The zero-order chi connectivity index (χ0) is 21.3. The fraction of sp³-hybridized carbons (Fsp3) is 0. The minimum Gasteiger partial charge on any atom is -0.467 e. The molecule has 0 fully saturated rings. The molecule has 0 bridgehead atoms. The Morgan fingerprint density at radius 2 is 1.45 bits per heavy atom. The molecule has 160 valence electrons. The first-order chi connectivity index (χ1) is 15.9. The minimum atomic E-state index is 0. The summed E-state index contributed by atoms with van der Waals surface area (Å²) >= 11 is 0. The van der Waals surface area contributed by atoms with E-state index in [1.807, 2.05) is 48.7 Å². The van der Waals surface area contributed by atoms with E-state index in [1.165, 1.54) is 0 Å². The fourth-order valence-electron chi connectivity index (χ4n) is 3.71. The van der Waals surface area contributed by atoms with Crippen LogP contribution in [0.15, 0.2) is 91.5 Å². The molecule has 0 saturated heterocycles. The first kappa shape index (κ1) is 21.0. The number of pyridine rings is 4. The Morgan fingerprint density at radius 3 is 2.27 bits per heavy atom. The van der Waals surface area contributed by atoms with Gasteiger partial charge in [0.25, 0.3) is 0 Å². The van der Waals surface area contributed by atoms with Gasteiger partial charge in [-0.25, -0.2) is 9.97 Å². The van der Waals surface area contributed by atoms with Crippen molar-refractivity contribution in [3.05, 3.63) is 104 Å². The zero-order valence-corrected chi connectivity index (χ0v) is 19.4. The summed E-state index contributed by atoms with van der Waals surface area (Å²) in [5.74, 6) is 1.81. The van der Waals surface area contributed by atoms with Crippen molar-refractivity contribution in [2.24, 2.45) is 0 Å². The van der Waals surface area contributed by atoms with Gasteiger partial charge >= 0.3 is 21.1 Å². The van der Waals surface area contributed by atoms with Crippen LogP contribution in [0.2, 0.25) is 0 Å². The predicted molar refractivity (Wildman–Crippen MR) is 122 cm³/mol. The summed E-state index contributed by atoms with van der Waals surface area (Å²) in [6.07, 6.45) is 6.98. The van der Waals surface area contributed by atoms with E-state index in [9.17, 15) is 0 Å². The molecule has 6 rings (SSSR count). The van der Waals surface area contributed by atoms with Gasteiger partial charge < -0.3 is 19.3 Å². The number of ether oxygens (including phenoxy) is 1. The van der Waals surface area contributed by atoms with Crippen LogP contribution >= 0.6 is 0 Å². The number of fused-ring (bicyclic) bond motifs is 3. The van der Waals surface area contributed by atoms with E-state index in [0.29, 0.717) is 23.0 Å². The van der Waals surface area contributed by atoms with Gasteiger partial charge in [0.15, 0.2) is 0 Å². The average Bonchev–Trinajstić information content (AvgIpc) is 3.19. The van der Waals surface area contributed by atoms with E-state index in [2.05, 4.69) is 48.8 Å². The number of para-hydroxylation sites is 1. The molecule has 7 heteroatoms. The van der Waals surface area contributed by atoms with Crippen LogP contribution in [0.4, 0.5) is 0 Å². The second-order valence-corrected chi connectivity index (χ2v) is 7.09. The van der Waals surface area contributed by atoms with E-state index >= 15 is 0 Å². The van der Waals surface area contributed by atoms with Gasteiger partial charge in [0, 0.05) is 29.7 Å². The predicted octanol–water partition coefficient (Wildman–Crippen LogP) is 5.42. The van der Waals surface area contributed by atoms with E-state index in [-0.39, 0.29) is 21.1 Å². The molecule has 0 amide bonds. The van der Waals surface area contributed by atoms with Crippen LogP contribution in [-0.2, 0) is 21.1 Å². The van der Waals surface area contributed by atoms with E-state index in [0.717, 1.165) is 27.6 Å². The average molecular weight is 609 g/mol. The van der Waals surface area contributed by atoms with Crippen molar-refractivity contribution in [1.82, 2.24) is 24.5 Å². The van der Waals surface area contributed by atoms with Crippen molar-refractivity contribution in [2.45, 2.75) is 0 Å². The monoisotopic (exact) mass is 608 g/mol. The van der Waals surface area contributed by atoms with Crippen LogP contribution in [0.1, 0.15) is 0 Å². The number of hydrogen-bond donors (Lipinski definition) is 0. The molecule has 0 spiro atoms. The molecular weight excluding hydrogens is 593 g/mol. The van der Waals surface area contributed by atoms with Crippen molar-refractivity contribution >= 4 is 21.8 Å². The summed E-state index contributed by atoms with van der Waals surface area (Å²) in [4.78, 5) is 17.8. The molecule has 0 aliphatic carbocycles. The molecule has 6 nitrogen and oxygen atoms in total. The maximum atomic E-state index is 5.81. The van der Waals surface area contributed by atoms with E-state index < -0.39 is 0 Å². The van der Waals surface area contributed by atoms with E-state index in [4.69, 9.17) is 4.74 Å². The first-order valence-corrected chi connectivity index (χ1v) is 10.1. The molecule has 1 aromatic carbocycles. The van der Waals surface area contributed by atoms with Gasteiger partial charge in [0.05, 0.1) is 0 Å². The SMILES string of the molecule is [Pt+2].[c-]1c(Oc2ccccn2)ccnc1-c1[c-]c2c(cn1)c1ccccc1n2-c1ccccn1. The van der Waals surface area contributed by atoms with Crippen molar-refractivity contribution in [2.75, 3.05) is 0 Å². The largest absolute Gasteiger partial charge is 2.00 e. The second kappa shape index (κ2) is 8.92. The van der Waals surface area contributed by atoms with Gasteiger partial charge in [0.1, 0.15) is 5.82 Å². The number of nitrogens with zero attached hydrogens (tertiary/aromatic N) is 5. The number of rotatable bonds is 4. The van der Waals surface area contributed by atoms with Crippen molar-refractivity contribution < 1.29 is 25.8 Å². The number of hydrogen-bond acceptors (Lipinski definition) is 5. The summed E-state index contributed by atoms with van der Waals surface area (Å²) in [7, 11) is 0. The first-order valence-electron chi connectivity index (χ1n) is 10.1. The van der Waals surface area contributed by atoms with Crippen LogP contribution in [0.3, 0.4) is 0 Å². The van der Waals surface area contributed by atoms with Crippen molar-refractivity contribution in [3.63, 3.8) is 0 Å². The maximum absolute atomic E-state index is 5.81. The van der Waals surface area contributed by atoms with Crippen molar-refractivity contribution in [3.8, 4) is 28.8 Å². The van der Waals surface area contributed by atoms with Gasteiger partial charge in [-0.3, -0.25) is 0 Å². The smallest absolute Gasteiger partial charge is 0.467 e. The third-order valence-corrected chi connectivity index (χ3v) is 5.10. The Bertz CT molecular complexity index is 1550. The summed E-state index contributed by atoms with van der Waals surface area (Å²) in [6.45, 7) is 0. The summed E-state index contributed by atoms with van der Waals surface area (Å²) in [5.41, 5.74) is 3.03. The Balaban J connectivity index is 0.00000228. The topological polar surface area (TPSA) is 65.7 Å². The molecule has 0 aliphatic rings. The Kier molecular flexibility index (Phi) is 5.67. The Hall–Kier alpha value is -3.89. The molecule has 33 heavy (non-hydrogen) atoms. The van der Waals surface area contributed by atoms with Crippen LogP contribution in [-0.4, -0.2) is 24.5 Å². The van der Waals surface area contributed by atoms with Gasteiger partial charge in [-0.05, 0) is 42.0 Å². The van der Waals surface area contributed by atoms with E-state index in [1.54, 1.807) is 30.7 Å². The van der Waals surface area contributed by atoms with Gasteiger partial charge in [-0.1, -0.05) is 41.2 Å². The third kappa shape index (κ3) is 3.90. The maximum Gasteiger partial charge on any atom is 2.00 e. The molecular formula is C26H15N5OPt. The van der Waals surface area contributed by atoms with Crippen LogP contribution in [0.5, 0.6) is 11.6 Å². The van der Waals surface area contributed by atoms with Crippen molar-refractivity contribution in [1.29, 1.82) is 0 Å². The summed E-state index contributed by atoms with van der Waals surface area (Å²) in [6, 6.07) is 27.9. The fourth-order valence-corrected chi connectivity index (χ4v) is 3.71. The molecule has 0 unspecified atom stereocenters. The normalized spacial score (nSPS) is 10.8. The quantitative estimate of drug-likeness (QED) is 0.250. The van der Waals surface area contributed by atoms with Gasteiger partial charge in [0.2, 0.25) is 5.88 Å². The molecule has 0 aliphatic heterocycles. The summed E-state index contributed by atoms with van der Waals surface area (Å²) < 4.78 is 7.89. The van der Waals surface area contributed by atoms with Crippen LogP contribution in [0, 0.1) is 12.1 Å². The molecule has 0 radical (unpaired) electrons. The summed E-state index contributed by atoms with van der Waals surface area (Å²) in [5, 5.41) is 2.09. The number of aromatic nitrogens is 5. The van der Waals surface area contributed by atoms with Crippen LogP contribution < -0.4 is 4.74 Å². The standard InChI is InChI=1S/C26H15N5O.Pt/c1-2-8-23-19(7-1)20-17-30-22(16-24(20)31(23)25-9-3-5-12-28-25)21-15-18(11-14-27-21)32-26-10-4-6-13-29-26;/h1-14,17H;/q-2;+2. The third-order valence-electron chi connectivity index (χ3n) is 5.10. The molecule has 0 saturated carbocycles.